The van der Waals surface area contributed by atoms with Gasteiger partial charge in [-0.1, -0.05) is 0 Å². The van der Waals surface area contributed by atoms with Crippen LogP contribution in [0.1, 0.15) is 5.56 Å². The number of hydrogen-bond acceptors (Lipinski definition) is 3. The third kappa shape index (κ3) is 0.667. The van der Waals surface area contributed by atoms with Crippen LogP contribution in [0.2, 0.25) is 0 Å². The molecular weight excluding hydrogens is 130 g/mol. The normalized spacial score (nSPS) is 10.3. The molecule has 0 saturated carbocycles. The van der Waals surface area contributed by atoms with Crippen LogP contribution in [0.3, 0.4) is 0 Å². The smallest absolute Gasteiger partial charge is 0.249 e. The van der Waals surface area contributed by atoms with Crippen molar-refractivity contribution in [2.45, 2.75) is 6.92 Å². The number of hydrogen-bond donors (Lipinski definition) is 0. The monoisotopic (exact) mass is 139 g/mol. The van der Waals surface area contributed by atoms with E-state index in [1.54, 1.807) is 25.9 Å². The van der Waals surface area contributed by atoms with Gasteiger partial charge in [0, 0.05) is 19.7 Å². The molecule has 0 fully saturated rings. The van der Waals surface area contributed by atoms with Gasteiger partial charge in [-0.2, -0.15) is 0 Å². The largest absolute Gasteiger partial charge is 0.374 e. The van der Waals surface area contributed by atoms with Crippen molar-refractivity contribution in [3.05, 3.63) is 26.0 Å². The molecule has 0 saturated heterocycles. The van der Waals surface area contributed by atoms with Crippen LogP contribution >= 0.6 is 0 Å². The Morgan fingerprint density at radius 3 is 1.80 bits per heavy atom. The maximum Gasteiger partial charge on any atom is 0.249 e. The molecule has 0 aliphatic carbocycles. The summed E-state index contributed by atoms with van der Waals surface area (Å²) < 4.78 is 0. The van der Waals surface area contributed by atoms with Gasteiger partial charge in [0.1, 0.15) is 0 Å². The molecule has 54 valence electrons. The van der Waals surface area contributed by atoms with E-state index in [0.29, 0.717) is 11.3 Å². The molecule has 0 atom stereocenters. The molecule has 1 aromatic rings. The first-order valence-corrected chi connectivity index (χ1v) is 3.03. The third-order valence-corrected chi connectivity index (χ3v) is 1.56. The topological polar surface area (TPSA) is 37.4 Å². The van der Waals surface area contributed by atoms with E-state index >= 15 is 0 Å². The summed E-state index contributed by atoms with van der Waals surface area (Å²) in [5.74, 6) is 0. The van der Waals surface area contributed by atoms with Gasteiger partial charge in [0.15, 0.2) is 0 Å². The fourth-order valence-corrected chi connectivity index (χ4v) is 1.03. The molecule has 1 aromatic carbocycles. The van der Waals surface area contributed by atoms with Gasteiger partial charge in [0.2, 0.25) is 10.9 Å². The molecule has 3 nitrogen and oxygen atoms in total. The molecule has 1 rings (SSSR count). The SMILES string of the molecule is Cc1c(N(C)C)c(=O)c1=O. The van der Waals surface area contributed by atoms with Gasteiger partial charge < -0.3 is 4.90 Å². The van der Waals surface area contributed by atoms with Gasteiger partial charge in [-0.05, 0) is 6.92 Å². The average Bonchev–Trinajstić information content (AvgIpc) is 1.87. The molecule has 0 aromatic heterocycles. The predicted molar refractivity (Wildman–Crippen MR) is 40.4 cm³/mol. The van der Waals surface area contributed by atoms with Crippen LogP contribution < -0.4 is 15.8 Å². The molecule has 0 N–H and O–H groups in total. The van der Waals surface area contributed by atoms with Crippen LogP contribution in [-0.4, -0.2) is 14.1 Å². The van der Waals surface area contributed by atoms with Crippen molar-refractivity contribution in [2.75, 3.05) is 19.0 Å². The van der Waals surface area contributed by atoms with Gasteiger partial charge in [0.25, 0.3) is 0 Å². The van der Waals surface area contributed by atoms with Crippen LogP contribution in [0.15, 0.2) is 9.59 Å². The summed E-state index contributed by atoms with van der Waals surface area (Å²) in [5.41, 5.74) is 0.422. The number of nitrogens with zero attached hydrogens (tertiary/aromatic N) is 1. The van der Waals surface area contributed by atoms with E-state index in [2.05, 4.69) is 0 Å². The molecule has 3 heteroatoms. The Hall–Kier alpha value is -1.12. The molecule has 0 aliphatic heterocycles. The summed E-state index contributed by atoms with van der Waals surface area (Å²) in [6.07, 6.45) is 0. The lowest BCUT2D eigenvalue weighted by molar-refractivity contribution is 1.06. The second kappa shape index (κ2) is 1.94. The maximum absolute atomic E-state index is 10.8. The lowest BCUT2D eigenvalue weighted by atomic mass is 10.1. The predicted octanol–water partition coefficient (Wildman–Crippen LogP) is -0.343. The number of rotatable bonds is 1. The van der Waals surface area contributed by atoms with Crippen molar-refractivity contribution in [2.24, 2.45) is 0 Å². The fraction of sp³-hybridized carbons (Fsp3) is 0.429. The van der Waals surface area contributed by atoms with Gasteiger partial charge in [-0.3, -0.25) is 9.59 Å². The quantitative estimate of drug-likeness (QED) is 0.499. The third-order valence-electron chi connectivity index (χ3n) is 1.56. The first-order valence-electron chi connectivity index (χ1n) is 3.03. The van der Waals surface area contributed by atoms with E-state index < -0.39 is 0 Å². The van der Waals surface area contributed by atoms with E-state index in [1.807, 2.05) is 0 Å². The van der Waals surface area contributed by atoms with Crippen LogP contribution in [-0.2, 0) is 0 Å². The van der Waals surface area contributed by atoms with Gasteiger partial charge in [-0.25, -0.2) is 0 Å². The van der Waals surface area contributed by atoms with Crippen molar-refractivity contribution in [3.8, 4) is 0 Å². The molecule has 0 bridgehead atoms. The van der Waals surface area contributed by atoms with Crippen molar-refractivity contribution in [1.82, 2.24) is 0 Å². The highest BCUT2D eigenvalue weighted by molar-refractivity contribution is 5.56. The highest BCUT2D eigenvalue weighted by Crippen LogP contribution is 2.07. The van der Waals surface area contributed by atoms with Gasteiger partial charge in [0.05, 0.1) is 5.69 Å². The lowest BCUT2D eigenvalue weighted by Crippen LogP contribution is -2.39. The summed E-state index contributed by atoms with van der Waals surface area (Å²) >= 11 is 0. The summed E-state index contributed by atoms with van der Waals surface area (Å²) in [7, 11) is 3.51. The lowest BCUT2D eigenvalue weighted by Gasteiger charge is -2.15. The van der Waals surface area contributed by atoms with Crippen molar-refractivity contribution < 1.29 is 0 Å². The van der Waals surface area contributed by atoms with Crippen LogP contribution in [0.4, 0.5) is 5.69 Å². The fourth-order valence-electron chi connectivity index (χ4n) is 1.03. The highest BCUT2D eigenvalue weighted by atomic mass is 16.2. The second-order valence-corrected chi connectivity index (χ2v) is 2.53. The Balaban J connectivity index is 3.23. The first kappa shape index (κ1) is 6.99. The zero-order valence-corrected chi connectivity index (χ0v) is 6.26. The minimum Gasteiger partial charge on any atom is -0.374 e. The van der Waals surface area contributed by atoms with Gasteiger partial charge in [-0.15, -0.1) is 0 Å². The zero-order valence-electron chi connectivity index (χ0n) is 6.26. The summed E-state index contributed by atoms with van der Waals surface area (Å²) in [6, 6.07) is 0. The second-order valence-electron chi connectivity index (χ2n) is 2.53. The molecule has 0 unspecified atom stereocenters. The van der Waals surface area contributed by atoms with Gasteiger partial charge >= 0.3 is 0 Å². The minimum absolute atomic E-state index is 0.344. The Kier molecular flexibility index (Phi) is 1.35. The molecular formula is C7H9NO2. The summed E-state index contributed by atoms with van der Waals surface area (Å²) in [6.45, 7) is 1.67. The Labute approximate surface area is 58.6 Å². The van der Waals surface area contributed by atoms with Crippen LogP contribution in [0.25, 0.3) is 0 Å². The molecule has 0 spiro atoms. The van der Waals surface area contributed by atoms with E-state index in [4.69, 9.17) is 0 Å². The molecule has 0 radical (unpaired) electrons. The molecule has 0 heterocycles. The number of anilines is 1. The molecule has 0 aliphatic rings. The summed E-state index contributed by atoms with van der Waals surface area (Å²) in [5, 5.41) is 0. The van der Waals surface area contributed by atoms with E-state index in [1.165, 1.54) is 0 Å². The van der Waals surface area contributed by atoms with E-state index in [-0.39, 0.29) is 10.9 Å². The molecule has 10 heavy (non-hydrogen) atoms. The van der Waals surface area contributed by atoms with E-state index in [0.717, 1.165) is 0 Å². The van der Waals surface area contributed by atoms with Crippen LogP contribution in [0.5, 0.6) is 0 Å². The Bertz CT molecular complexity index is 318. The van der Waals surface area contributed by atoms with Crippen molar-refractivity contribution >= 4 is 5.69 Å². The van der Waals surface area contributed by atoms with Crippen molar-refractivity contribution in [3.63, 3.8) is 0 Å². The maximum atomic E-state index is 10.8. The Morgan fingerprint density at radius 2 is 1.60 bits per heavy atom. The van der Waals surface area contributed by atoms with Crippen molar-refractivity contribution in [1.29, 1.82) is 0 Å². The average molecular weight is 139 g/mol. The first-order chi connectivity index (χ1) is 4.55. The molecule has 0 amide bonds. The standard InChI is InChI=1S/C7H9NO2/c1-4-5(8(2)3)7(10)6(4)9/h1-3H3. The summed E-state index contributed by atoms with van der Waals surface area (Å²) in [4.78, 5) is 23.1. The van der Waals surface area contributed by atoms with Crippen LogP contribution in [0, 0.1) is 6.92 Å². The Morgan fingerprint density at radius 1 is 1.10 bits per heavy atom. The van der Waals surface area contributed by atoms with E-state index in [9.17, 15) is 9.59 Å². The minimum atomic E-state index is -0.359. The zero-order chi connectivity index (χ0) is 7.89. The highest BCUT2D eigenvalue weighted by Gasteiger charge is 2.17.